The van der Waals surface area contributed by atoms with Crippen LogP contribution in [0.3, 0.4) is 0 Å². The Morgan fingerprint density at radius 1 is 1.04 bits per heavy atom. The smallest absolute Gasteiger partial charge is 0.193 e. The third kappa shape index (κ3) is 3.15. The number of hydrogen-bond acceptors (Lipinski definition) is 3. The monoisotopic (exact) mass is 378 g/mol. The molecule has 0 fully saturated rings. The maximum absolute atomic E-state index is 13.4. The highest BCUT2D eigenvalue weighted by Gasteiger charge is 2.32. The Morgan fingerprint density at radius 2 is 1.77 bits per heavy atom. The standard InChI is InChI=1S/C23H22OS2/c1-14(2)17-12-13-20-21(22(24)18-6-4-5-7-19(18)26-20)23(17)25-16-10-8-15(3)9-11-16/h4-14,17,23H,1-3H3. The summed E-state index contributed by atoms with van der Waals surface area (Å²) in [6, 6.07) is 16.6. The van der Waals surface area contributed by atoms with Crippen molar-refractivity contribution in [1.82, 2.24) is 0 Å². The molecule has 0 amide bonds. The lowest BCUT2D eigenvalue weighted by molar-refractivity contribution is 0.454. The van der Waals surface area contributed by atoms with Crippen molar-refractivity contribution in [2.24, 2.45) is 11.8 Å². The molecule has 2 unspecified atom stereocenters. The average Bonchev–Trinajstić information content (AvgIpc) is 2.63. The number of fused-ring (bicyclic) bond motifs is 2. The van der Waals surface area contributed by atoms with Crippen molar-refractivity contribution in [3.8, 4) is 0 Å². The minimum atomic E-state index is 0.158. The molecule has 1 aromatic heterocycles. The molecule has 3 heteroatoms. The van der Waals surface area contributed by atoms with Crippen molar-refractivity contribution in [3.63, 3.8) is 0 Å². The summed E-state index contributed by atoms with van der Waals surface area (Å²) in [4.78, 5) is 15.7. The first-order valence-corrected chi connectivity index (χ1v) is 10.7. The SMILES string of the molecule is Cc1ccc(SC2c3c(sc4ccccc4c3=O)C=CC2C(C)C)cc1. The molecule has 4 rings (SSSR count). The predicted molar refractivity (Wildman–Crippen MR) is 115 cm³/mol. The molecule has 2 aromatic carbocycles. The fraction of sp³-hybridized carbons (Fsp3) is 0.261. The van der Waals surface area contributed by atoms with Gasteiger partial charge in [0.15, 0.2) is 5.43 Å². The van der Waals surface area contributed by atoms with E-state index >= 15 is 0 Å². The lowest BCUT2D eigenvalue weighted by Crippen LogP contribution is -2.24. The molecule has 132 valence electrons. The highest BCUT2D eigenvalue weighted by molar-refractivity contribution is 7.99. The summed E-state index contributed by atoms with van der Waals surface area (Å²) in [5.74, 6) is 0.841. The first-order chi connectivity index (χ1) is 12.5. The molecular weight excluding hydrogens is 356 g/mol. The Labute approximate surface area is 162 Å². The van der Waals surface area contributed by atoms with E-state index in [2.05, 4.69) is 57.2 Å². The van der Waals surface area contributed by atoms with Crippen LogP contribution in [-0.4, -0.2) is 0 Å². The van der Waals surface area contributed by atoms with Crippen LogP contribution >= 0.6 is 23.1 Å². The summed E-state index contributed by atoms with van der Waals surface area (Å²) in [6.45, 7) is 6.60. The van der Waals surface area contributed by atoms with Crippen molar-refractivity contribution >= 4 is 39.3 Å². The summed E-state index contributed by atoms with van der Waals surface area (Å²) < 4.78 is 1.07. The number of benzene rings is 2. The molecule has 3 aromatic rings. The van der Waals surface area contributed by atoms with Gasteiger partial charge in [0, 0.05) is 30.7 Å². The number of aryl methyl sites for hydroxylation is 1. The highest BCUT2D eigenvalue weighted by atomic mass is 32.2. The van der Waals surface area contributed by atoms with Crippen molar-refractivity contribution in [3.05, 3.63) is 80.8 Å². The van der Waals surface area contributed by atoms with Gasteiger partial charge in [-0.15, -0.1) is 23.1 Å². The molecule has 0 radical (unpaired) electrons. The van der Waals surface area contributed by atoms with Gasteiger partial charge in [-0.1, -0.05) is 49.8 Å². The first kappa shape index (κ1) is 17.6. The Hall–Kier alpha value is -1.84. The number of rotatable bonds is 3. The topological polar surface area (TPSA) is 17.1 Å². The van der Waals surface area contributed by atoms with E-state index in [0.717, 1.165) is 20.5 Å². The quantitative estimate of drug-likeness (QED) is 0.504. The molecule has 1 aliphatic carbocycles. The van der Waals surface area contributed by atoms with E-state index < -0.39 is 0 Å². The van der Waals surface area contributed by atoms with Crippen LogP contribution in [0.15, 0.2) is 64.3 Å². The van der Waals surface area contributed by atoms with E-state index in [-0.39, 0.29) is 10.7 Å². The minimum Gasteiger partial charge on any atom is -0.289 e. The van der Waals surface area contributed by atoms with Crippen LogP contribution in [0.2, 0.25) is 0 Å². The van der Waals surface area contributed by atoms with E-state index in [4.69, 9.17) is 0 Å². The lowest BCUT2D eigenvalue weighted by atomic mass is 9.84. The Morgan fingerprint density at radius 3 is 2.50 bits per heavy atom. The highest BCUT2D eigenvalue weighted by Crippen LogP contribution is 2.48. The van der Waals surface area contributed by atoms with Crippen LogP contribution in [0.25, 0.3) is 16.2 Å². The summed E-state index contributed by atoms with van der Waals surface area (Å²) in [6.07, 6.45) is 4.48. The van der Waals surface area contributed by atoms with Crippen molar-refractivity contribution in [1.29, 1.82) is 0 Å². The molecule has 2 atom stereocenters. The number of thioether (sulfide) groups is 1. The van der Waals surface area contributed by atoms with Gasteiger partial charge in [-0.2, -0.15) is 0 Å². The zero-order valence-electron chi connectivity index (χ0n) is 15.2. The van der Waals surface area contributed by atoms with Gasteiger partial charge in [0.05, 0.1) is 0 Å². The van der Waals surface area contributed by atoms with Gasteiger partial charge in [-0.05, 0) is 49.1 Å². The van der Waals surface area contributed by atoms with E-state index in [1.54, 1.807) is 11.3 Å². The largest absolute Gasteiger partial charge is 0.289 e. The van der Waals surface area contributed by atoms with Crippen LogP contribution in [0.4, 0.5) is 0 Å². The lowest BCUT2D eigenvalue weighted by Gasteiger charge is -2.31. The van der Waals surface area contributed by atoms with Gasteiger partial charge in [-0.25, -0.2) is 0 Å². The predicted octanol–water partition coefficient (Wildman–Crippen LogP) is 6.70. The van der Waals surface area contributed by atoms with E-state index in [9.17, 15) is 4.79 Å². The third-order valence-electron chi connectivity index (χ3n) is 5.02. The zero-order chi connectivity index (χ0) is 18.3. The first-order valence-electron chi connectivity index (χ1n) is 9.02. The van der Waals surface area contributed by atoms with Crippen LogP contribution < -0.4 is 5.43 Å². The number of hydrogen-bond donors (Lipinski definition) is 0. The minimum absolute atomic E-state index is 0.158. The number of allylic oxidation sites excluding steroid dienone is 1. The van der Waals surface area contributed by atoms with Crippen molar-refractivity contribution < 1.29 is 0 Å². The van der Waals surface area contributed by atoms with Crippen LogP contribution in [0, 0.1) is 18.8 Å². The zero-order valence-corrected chi connectivity index (χ0v) is 16.9. The molecule has 0 saturated carbocycles. The van der Waals surface area contributed by atoms with Gasteiger partial charge < -0.3 is 0 Å². The van der Waals surface area contributed by atoms with Crippen LogP contribution in [0.5, 0.6) is 0 Å². The Bertz CT molecular complexity index is 1030. The third-order valence-corrected chi connectivity index (χ3v) is 7.52. The molecule has 1 aliphatic rings. The van der Waals surface area contributed by atoms with Gasteiger partial charge in [0.2, 0.25) is 0 Å². The second-order valence-corrected chi connectivity index (χ2v) is 9.54. The summed E-state index contributed by atoms with van der Waals surface area (Å²) >= 11 is 3.56. The normalized spacial score (nSPS) is 19.1. The summed E-state index contributed by atoms with van der Waals surface area (Å²) in [5, 5.41) is 1.01. The van der Waals surface area contributed by atoms with Crippen LogP contribution in [-0.2, 0) is 0 Å². The molecule has 0 saturated heterocycles. The molecular formula is C23H22OS2. The second-order valence-electron chi connectivity index (χ2n) is 7.24. The Kier molecular flexibility index (Phi) is 4.76. The average molecular weight is 379 g/mol. The molecule has 1 heterocycles. The van der Waals surface area contributed by atoms with Gasteiger partial charge in [0.25, 0.3) is 0 Å². The summed E-state index contributed by atoms with van der Waals surface area (Å²) in [5.41, 5.74) is 2.45. The van der Waals surface area contributed by atoms with E-state index in [1.165, 1.54) is 10.5 Å². The van der Waals surface area contributed by atoms with Crippen LogP contribution in [0.1, 0.15) is 35.1 Å². The fourth-order valence-corrected chi connectivity index (χ4v) is 6.24. The van der Waals surface area contributed by atoms with Gasteiger partial charge >= 0.3 is 0 Å². The molecule has 0 aliphatic heterocycles. The maximum Gasteiger partial charge on any atom is 0.193 e. The van der Waals surface area contributed by atoms with Crippen molar-refractivity contribution in [2.45, 2.75) is 30.9 Å². The van der Waals surface area contributed by atoms with Crippen molar-refractivity contribution in [2.75, 3.05) is 0 Å². The molecule has 0 N–H and O–H groups in total. The summed E-state index contributed by atoms with van der Waals surface area (Å²) in [7, 11) is 0. The molecule has 0 bridgehead atoms. The molecule has 1 nitrogen and oxygen atoms in total. The maximum atomic E-state index is 13.4. The van der Waals surface area contributed by atoms with Gasteiger partial charge in [-0.3, -0.25) is 4.79 Å². The molecule has 0 spiro atoms. The molecule has 26 heavy (non-hydrogen) atoms. The fourth-order valence-electron chi connectivity index (χ4n) is 3.53. The Balaban J connectivity index is 1.87. The van der Waals surface area contributed by atoms with E-state index in [0.29, 0.717) is 11.8 Å². The van der Waals surface area contributed by atoms with Gasteiger partial charge in [0.1, 0.15) is 0 Å². The second kappa shape index (κ2) is 7.05. The van der Waals surface area contributed by atoms with E-state index in [1.807, 2.05) is 36.0 Å².